The van der Waals surface area contributed by atoms with Crippen molar-refractivity contribution < 1.29 is 4.79 Å². The monoisotopic (exact) mass is 404 g/mol. The van der Waals surface area contributed by atoms with Gasteiger partial charge in [0, 0.05) is 40.3 Å². The highest BCUT2D eigenvalue weighted by Crippen LogP contribution is 2.31. The van der Waals surface area contributed by atoms with Crippen molar-refractivity contribution in [3.63, 3.8) is 0 Å². The van der Waals surface area contributed by atoms with Crippen LogP contribution in [0.15, 0.2) is 65.5 Å². The van der Waals surface area contributed by atoms with Crippen LogP contribution in [0, 0.1) is 13.8 Å². The summed E-state index contributed by atoms with van der Waals surface area (Å²) in [6, 6.07) is 16.4. The zero-order valence-corrected chi connectivity index (χ0v) is 17.6. The lowest BCUT2D eigenvalue weighted by Crippen LogP contribution is -2.27. The Labute approximate surface area is 173 Å². The van der Waals surface area contributed by atoms with E-state index in [-0.39, 0.29) is 5.91 Å². The number of carbonyl (C=O) groups is 1. The topological polar surface area (TPSA) is 33.2 Å². The van der Waals surface area contributed by atoms with E-state index in [1.54, 1.807) is 16.2 Å². The summed E-state index contributed by atoms with van der Waals surface area (Å²) in [6.07, 6.45) is 1.84. The third kappa shape index (κ3) is 3.51. The molecule has 0 fully saturated rings. The molecule has 5 heteroatoms. The highest BCUT2D eigenvalue weighted by Gasteiger charge is 2.19. The Morgan fingerprint density at radius 1 is 0.964 bits per heavy atom. The fourth-order valence-electron chi connectivity index (χ4n) is 3.24. The van der Waals surface area contributed by atoms with Crippen molar-refractivity contribution in [2.45, 2.75) is 13.8 Å². The molecule has 28 heavy (non-hydrogen) atoms. The number of anilines is 1. The summed E-state index contributed by atoms with van der Waals surface area (Å²) >= 11 is 3.12. The minimum absolute atomic E-state index is 0.00558. The minimum Gasteiger partial charge on any atom is -0.311 e. The lowest BCUT2D eigenvalue weighted by Gasteiger charge is -2.22. The summed E-state index contributed by atoms with van der Waals surface area (Å²) in [5.74, 6) is -0.00558. The normalized spacial score (nSPS) is 10.8. The first-order chi connectivity index (χ1) is 13.5. The van der Waals surface area contributed by atoms with E-state index < -0.39 is 0 Å². The van der Waals surface area contributed by atoms with Crippen LogP contribution >= 0.6 is 22.9 Å². The number of amides is 1. The second-order valence-corrected chi connectivity index (χ2v) is 8.39. The van der Waals surface area contributed by atoms with E-state index in [2.05, 4.69) is 34.0 Å². The van der Waals surface area contributed by atoms with Crippen LogP contribution < -0.4 is 4.90 Å². The first-order valence-electron chi connectivity index (χ1n) is 8.97. The summed E-state index contributed by atoms with van der Waals surface area (Å²) in [6.45, 7) is 4.02. The van der Waals surface area contributed by atoms with Gasteiger partial charge in [0.05, 0.1) is 0 Å². The highest BCUT2D eigenvalue weighted by atomic mass is 32.1. The van der Waals surface area contributed by atoms with E-state index in [1.165, 1.54) is 16.4 Å². The van der Waals surface area contributed by atoms with E-state index in [0.29, 0.717) is 5.56 Å². The predicted octanol–water partition coefficient (Wildman–Crippen LogP) is 6.43. The fraction of sp³-hybridized carbons (Fsp3) is 0.130. The molecule has 0 saturated carbocycles. The van der Waals surface area contributed by atoms with E-state index in [1.807, 2.05) is 56.7 Å². The van der Waals surface area contributed by atoms with Crippen LogP contribution in [0.3, 0.4) is 0 Å². The Bertz CT molecular complexity index is 1120. The number of rotatable bonds is 4. The summed E-state index contributed by atoms with van der Waals surface area (Å²) in [5.41, 5.74) is 6.87. The van der Waals surface area contributed by atoms with Crippen LogP contribution in [0.25, 0.3) is 21.6 Å². The van der Waals surface area contributed by atoms with Gasteiger partial charge in [0.1, 0.15) is 0 Å². The van der Waals surface area contributed by atoms with E-state index in [0.717, 1.165) is 33.5 Å². The standard InChI is InChI=1S/C23H20N2OS2/c1-15-6-8-17(19-13-24-28-14-19)11-20(15)23(26)25(3)21-12-18(9-7-16(21)2)22-5-4-10-27-22/h4-14H,1-3H3. The molecule has 2 heterocycles. The number of nitrogens with zero attached hydrogens (tertiary/aromatic N) is 2. The van der Waals surface area contributed by atoms with Crippen LogP contribution in [0.5, 0.6) is 0 Å². The molecule has 2 aromatic heterocycles. The first-order valence-corrected chi connectivity index (χ1v) is 10.7. The summed E-state index contributed by atoms with van der Waals surface area (Å²) < 4.78 is 4.17. The Balaban J connectivity index is 1.71. The van der Waals surface area contributed by atoms with Gasteiger partial charge in [0.2, 0.25) is 0 Å². The minimum atomic E-state index is -0.00558. The number of benzene rings is 2. The van der Waals surface area contributed by atoms with E-state index >= 15 is 0 Å². The van der Waals surface area contributed by atoms with Crippen LogP contribution in [-0.2, 0) is 0 Å². The Hall–Kier alpha value is -2.76. The van der Waals surface area contributed by atoms with Crippen molar-refractivity contribution in [2.24, 2.45) is 0 Å². The number of aryl methyl sites for hydroxylation is 2. The number of aromatic nitrogens is 1. The van der Waals surface area contributed by atoms with Gasteiger partial charge in [-0.25, -0.2) is 4.37 Å². The quantitative estimate of drug-likeness (QED) is 0.392. The second kappa shape index (κ2) is 7.70. The number of thiophene rings is 1. The highest BCUT2D eigenvalue weighted by molar-refractivity contribution is 7.13. The third-order valence-corrected chi connectivity index (χ3v) is 6.42. The Kier molecular flexibility index (Phi) is 5.11. The molecule has 4 aromatic rings. The zero-order chi connectivity index (χ0) is 19.7. The number of hydrogen-bond acceptors (Lipinski definition) is 4. The molecule has 0 aliphatic rings. The molecule has 0 spiro atoms. The van der Waals surface area contributed by atoms with Crippen molar-refractivity contribution in [3.8, 4) is 21.6 Å². The SMILES string of the molecule is Cc1ccc(-c2cnsc2)cc1C(=O)N(C)c1cc(-c2cccs2)ccc1C. The molecule has 0 saturated heterocycles. The molecule has 2 aromatic carbocycles. The van der Waals surface area contributed by atoms with Crippen LogP contribution in [0.1, 0.15) is 21.5 Å². The average molecular weight is 405 g/mol. The average Bonchev–Trinajstić information content (AvgIpc) is 3.42. The van der Waals surface area contributed by atoms with Crippen LogP contribution in [0.2, 0.25) is 0 Å². The lowest BCUT2D eigenvalue weighted by atomic mass is 10.0. The number of hydrogen-bond donors (Lipinski definition) is 0. The second-order valence-electron chi connectivity index (χ2n) is 6.79. The molecule has 0 N–H and O–H groups in total. The molecular formula is C23H20N2OS2. The van der Waals surface area contributed by atoms with Crippen molar-refractivity contribution in [1.82, 2.24) is 4.37 Å². The molecule has 4 rings (SSSR count). The zero-order valence-electron chi connectivity index (χ0n) is 16.0. The van der Waals surface area contributed by atoms with Gasteiger partial charge in [-0.15, -0.1) is 11.3 Å². The summed E-state index contributed by atoms with van der Waals surface area (Å²) in [7, 11) is 1.85. The Morgan fingerprint density at radius 3 is 2.46 bits per heavy atom. The molecule has 0 bridgehead atoms. The molecular weight excluding hydrogens is 384 g/mol. The molecule has 0 atom stereocenters. The van der Waals surface area contributed by atoms with Crippen LogP contribution in [-0.4, -0.2) is 17.3 Å². The smallest absolute Gasteiger partial charge is 0.258 e. The van der Waals surface area contributed by atoms with Gasteiger partial charge in [0.25, 0.3) is 5.91 Å². The van der Waals surface area contributed by atoms with Crippen LogP contribution in [0.4, 0.5) is 5.69 Å². The molecule has 0 aliphatic carbocycles. The molecule has 140 valence electrons. The molecule has 3 nitrogen and oxygen atoms in total. The largest absolute Gasteiger partial charge is 0.311 e. The number of carbonyl (C=O) groups excluding carboxylic acids is 1. The lowest BCUT2D eigenvalue weighted by molar-refractivity contribution is 0.0992. The van der Waals surface area contributed by atoms with Gasteiger partial charge in [-0.2, -0.15) is 0 Å². The fourth-order valence-corrected chi connectivity index (χ4v) is 4.51. The van der Waals surface area contributed by atoms with Gasteiger partial charge in [0.15, 0.2) is 0 Å². The van der Waals surface area contributed by atoms with Crippen molar-refractivity contribution >= 4 is 34.5 Å². The van der Waals surface area contributed by atoms with Gasteiger partial charge >= 0.3 is 0 Å². The van der Waals surface area contributed by atoms with Gasteiger partial charge < -0.3 is 4.90 Å². The van der Waals surface area contributed by atoms with Crippen molar-refractivity contribution in [3.05, 3.63) is 82.2 Å². The molecule has 0 radical (unpaired) electrons. The van der Waals surface area contributed by atoms with Crippen molar-refractivity contribution in [2.75, 3.05) is 11.9 Å². The van der Waals surface area contributed by atoms with Crippen molar-refractivity contribution in [1.29, 1.82) is 0 Å². The van der Waals surface area contributed by atoms with E-state index in [4.69, 9.17) is 0 Å². The van der Waals surface area contributed by atoms with Gasteiger partial charge in [-0.3, -0.25) is 4.79 Å². The predicted molar refractivity (Wildman–Crippen MR) is 120 cm³/mol. The summed E-state index contributed by atoms with van der Waals surface area (Å²) in [4.78, 5) is 16.3. The first kappa shape index (κ1) is 18.6. The maximum Gasteiger partial charge on any atom is 0.258 e. The molecule has 1 amide bonds. The maximum atomic E-state index is 13.4. The Morgan fingerprint density at radius 2 is 1.75 bits per heavy atom. The molecule has 0 unspecified atom stereocenters. The van der Waals surface area contributed by atoms with E-state index in [9.17, 15) is 4.79 Å². The summed E-state index contributed by atoms with van der Waals surface area (Å²) in [5, 5.41) is 4.06. The molecule has 0 aliphatic heterocycles. The van der Waals surface area contributed by atoms with Gasteiger partial charge in [-0.1, -0.05) is 30.3 Å². The third-order valence-electron chi connectivity index (χ3n) is 4.91. The maximum absolute atomic E-state index is 13.4. The van der Waals surface area contributed by atoms with Gasteiger partial charge in [-0.05, 0) is 71.2 Å².